The van der Waals surface area contributed by atoms with Crippen LogP contribution in [0.25, 0.3) is 0 Å². The van der Waals surface area contributed by atoms with Gasteiger partial charge in [-0.1, -0.05) is 13.8 Å². The molecule has 0 aromatic heterocycles. The molecule has 0 heterocycles. The Hall–Kier alpha value is -1.29. The molecule has 0 radical (unpaired) electrons. The van der Waals surface area contributed by atoms with Crippen LogP contribution in [0.3, 0.4) is 0 Å². The van der Waals surface area contributed by atoms with E-state index in [1.807, 2.05) is 0 Å². The molecule has 88 valence electrons. The zero-order valence-electron chi connectivity index (χ0n) is 9.26. The fourth-order valence-electron chi connectivity index (χ4n) is 1.48. The molecule has 0 saturated heterocycles. The van der Waals surface area contributed by atoms with Gasteiger partial charge in [0.15, 0.2) is 17.4 Å². The number of halogens is 2. The lowest BCUT2D eigenvalue weighted by Gasteiger charge is -2.23. The van der Waals surface area contributed by atoms with Crippen LogP contribution in [0.2, 0.25) is 0 Å². The van der Waals surface area contributed by atoms with Crippen LogP contribution >= 0.6 is 0 Å². The molecule has 16 heavy (non-hydrogen) atoms. The minimum atomic E-state index is -1.50. The lowest BCUT2D eigenvalue weighted by Crippen LogP contribution is -2.37. The van der Waals surface area contributed by atoms with Crippen LogP contribution in [0.1, 0.15) is 37.0 Å². The Labute approximate surface area is 92.9 Å². The maximum atomic E-state index is 12.9. The first-order chi connectivity index (χ1) is 7.44. The highest BCUT2D eigenvalue weighted by molar-refractivity contribution is 6.02. The lowest BCUT2D eigenvalue weighted by molar-refractivity contribution is 0.0277. The van der Waals surface area contributed by atoms with Crippen molar-refractivity contribution in [1.82, 2.24) is 0 Å². The first-order valence-corrected chi connectivity index (χ1v) is 5.17. The third-order valence-electron chi connectivity index (χ3n) is 2.77. The molecule has 4 heteroatoms. The summed E-state index contributed by atoms with van der Waals surface area (Å²) in [5.74, 6) is -2.66. The predicted molar refractivity (Wildman–Crippen MR) is 56.2 cm³/mol. The van der Waals surface area contributed by atoms with E-state index in [1.165, 1.54) is 6.07 Å². The quantitative estimate of drug-likeness (QED) is 0.804. The van der Waals surface area contributed by atoms with Crippen LogP contribution in [0.15, 0.2) is 18.2 Å². The van der Waals surface area contributed by atoms with Gasteiger partial charge in [0, 0.05) is 5.56 Å². The van der Waals surface area contributed by atoms with E-state index in [-0.39, 0.29) is 18.4 Å². The maximum absolute atomic E-state index is 12.9. The van der Waals surface area contributed by atoms with Crippen molar-refractivity contribution in [3.8, 4) is 0 Å². The predicted octanol–water partition coefficient (Wildman–Crippen LogP) is 2.70. The highest BCUT2D eigenvalue weighted by Gasteiger charge is 2.32. The van der Waals surface area contributed by atoms with Crippen molar-refractivity contribution in [2.75, 3.05) is 0 Å². The third-order valence-corrected chi connectivity index (χ3v) is 2.77. The maximum Gasteiger partial charge on any atom is 0.194 e. The summed E-state index contributed by atoms with van der Waals surface area (Å²) in [6.45, 7) is 3.34. The van der Waals surface area contributed by atoms with Gasteiger partial charge in [-0.2, -0.15) is 0 Å². The number of hydrogen-bond donors (Lipinski definition) is 1. The molecule has 0 amide bonds. The molecule has 0 saturated carbocycles. The molecule has 1 aromatic carbocycles. The molecule has 1 N–H and O–H groups in total. The average molecular weight is 228 g/mol. The van der Waals surface area contributed by atoms with Crippen molar-refractivity contribution in [3.63, 3.8) is 0 Å². The molecule has 1 aromatic rings. The Morgan fingerprint density at radius 2 is 1.81 bits per heavy atom. The number of hydrogen-bond acceptors (Lipinski definition) is 2. The van der Waals surface area contributed by atoms with E-state index in [9.17, 15) is 18.7 Å². The lowest BCUT2D eigenvalue weighted by atomic mass is 9.88. The van der Waals surface area contributed by atoms with E-state index in [0.717, 1.165) is 12.1 Å². The Balaban J connectivity index is 3.09. The van der Waals surface area contributed by atoms with Crippen LogP contribution in [0.5, 0.6) is 0 Å². The highest BCUT2D eigenvalue weighted by atomic mass is 19.2. The molecule has 0 unspecified atom stereocenters. The molecule has 0 aliphatic heterocycles. The number of ketones is 1. The minimum Gasteiger partial charge on any atom is -0.382 e. The summed E-state index contributed by atoms with van der Waals surface area (Å²) >= 11 is 0. The van der Waals surface area contributed by atoms with Gasteiger partial charge in [-0.25, -0.2) is 8.78 Å². The Kier molecular flexibility index (Phi) is 3.75. The van der Waals surface area contributed by atoms with Crippen LogP contribution in [-0.2, 0) is 0 Å². The summed E-state index contributed by atoms with van der Waals surface area (Å²) in [5, 5.41) is 9.95. The molecular formula is C12H14F2O2. The molecule has 0 bridgehead atoms. The van der Waals surface area contributed by atoms with Gasteiger partial charge in [-0.3, -0.25) is 4.79 Å². The van der Waals surface area contributed by atoms with E-state index >= 15 is 0 Å². The molecule has 0 aliphatic rings. The SMILES string of the molecule is CCC(O)(CC)C(=O)c1ccc(F)c(F)c1. The van der Waals surface area contributed by atoms with Crippen LogP contribution in [0.4, 0.5) is 8.78 Å². The third kappa shape index (κ3) is 2.27. The second-order valence-corrected chi connectivity index (χ2v) is 3.70. The van der Waals surface area contributed by atoms with Gasteiger partial charge in [0.1, 0.15) is 5.60 Å². The summed E-state index contributed by atoms with van der Waals surface area (Å²) in [6, 6.07) is 2.87. The molecule has 1 rings (SSSR count). The van der Waals surface area contributed by atoms with Gasteiger partial charge in [0.2, 0.25) is 0 Å². The molecule has 0 spiro atoms. The fourth-order valence-corrected chi connectivity index (χ4v) is 1.48. The van der Waals surface area contributed by atoms with Gasteiger partial charge >= 0.3 is 0 Å². The van der Waals surface area contributed by atoms with Crippen molar-refractivity contribution < 1.29 is 18.7 Å². The fraction of sp³-hybridized carbons (Fsp3) is 0.417. The van der Waals surface area contributed by atoms with Crippen LogP contribution in [0, 0.1) is 11.6 Å². The number of benzene rings is 1. The molecular weight excluding hydrogens is 214 g/mol. The van der Waals surface area contributed by atoms with Crippen molar-refractivity contribution in [2.45, 2.75) is 32.3 Å². The molecule has 0 fully saturated rings. The number of aliphatic hydroxyl groups is 1. The van der Waals surface area contributed by atoms with Gasteiger partial charge in [0.25, 0.3) is 0 Å². The Morgan fingerprint density at radius 3 is 2.25 bits per heavy atom. The number of carbonyl (C=O) groups excluding carboxylic acids is 1. The summed E-state index contributed by atoms with van der Waals surface area (Å²) in [4.78, 5) is 11.9. The molecule has 0 aliphatic carbocycles. The number of rotatable bonds is 4. The summed E-state index contributed by atoms with van der Waals surface area (Å²) in [6.07, 6.45) is 0.475. The normalized spacial score (nSPS) is 11.6. The summed E-state index contributed by atoms with van der Waals surface area (Å²) in [5.41, 5.74) is -1.50. The summed E-state index contributed by atoms with van der Waals surface area (Å²) in [7, 11) is 0. The first-order valence-electron chi connectivity index (χ1n) is 5.17. The van der Waals surface area contributed by atoms with Crippen molar-refractivity contribution >= 4 is 5.78 Å². The zero-order valence-corrected chi connectivity index (χ0v) is 9.26. The zero-order chi connectivity index (χ0) is 12.3. The van der Waals surface area contributed by atoms with Crippen LogP contribution in [-0.4, -0.2) is 16.5 Å². The number of Topliss-reactive ketones (excluding diaryl/α,β-unsaturated/α-hetero) is 1. The second kappa shape index (κ2) is 4.70. The topological polar surface area (TPSA) is 37.3 Å². The largest absolute Gasteiger partial charge is 0.382 e. The minimum absolute atomic E-state index is 0.00917. The summed E-state index contributed by atoms with van der Waals surface area (Å²) < 4.78 is 25.6. The standard InChI is InChI=1S/C12H14F2O2/c1-3-12(16,4-2)11(15)8-5-6-9(13)10(14)7-8/h5-7,16H,3-4H2,1-2H3. The Morgan fingerprint density at radius 1 is 1.25 bits per heavy atom. The number of carbonyl (C=O) groups is 1. The molecule has 2 nitrogen and oxygen atoms in total. The van der Waals surface area contributed by atoms with Gasteiger partial charge < -0.3 is 5.11 Å². The van der Waals surface area contributed by atoms with Crippen molar-refractivity contribution in [3.05, 3.63) is 35.4 Å². The van der Waals surface area contributed by atoms with E-state index < -0.39 is 23.0 Å². The monoisotopic (exact) mass is 228 g/mol. The van der Waals surface area contributed by atoms with E-state index in [1.54, 1.807) is 13.8 Å². The van der Waals surface area contributed by atoms with E-state index in [2.05, 4.69) is 0 Å². The van der Waals surface area contributed by atoms with Gasteiger partial charge in [-0.15, -0.1) is 0 Å². The average Bonchev–Trinajstić information content (AvgIpc) is 2.30. The van der Waals surface area contributed by atoms with Crippen LogP contribution < -0.4 is 0 Å². The highest BCUT2D eigenvalue weighted by Crippen LogP contribution is 2.22. The van der Waals surface area contributed by atoms with E-state index in [4.69, 9.17) is 0 Å². The second-order valence-electron chi connectivity index (χ2n) is 3.70. The Bertz CT molecular complexity index is 398. The van der Waals surface area contributed by atoms with Gasteiger partial charge in [-0.05, 0) is 31.0 Å². The van der Waals surface area contributed by atoms with Gasteiger partial charge in [0.05, 0.1) is 0 Å². The smallest absolute Gasteiger partial charge is 0.194 e. The van der Waals surface area contributed by atoms with Crippen molar-refractivity contribution in [1.29, 1.82) is 0 Å². The van der Waals surface area contributed by atoms with E-state index in [0.29, 0.717) is 0 Å². The molecule has 0 atom stereocenters. The van der Waals surface area contributed by atoms with Crippen molar-refractivity contribution in [2.24, 2.45) is 0 Å². The first kappa shape index (κ1) is 12.8.